The normalized spacial score (nSPS) is 11.0. The number of benzene rings is 2. The quantitative estimate of drug-likeness (QED) is 0.367. The van der Waals surface area contributed by atoms with Gasteiger partial charge in [-0.1, -0.05) is 47.5 Å². The molecular formula is C24H21ClN2OS. The van der Waals surface area contributed by atoms with Crippen molar-refractivity contribution < 1.29 is 4.79 Å². The fourth-order valence-corrected chi connectivity index (χ4v) is 4.99. The third-order valence-corrected chi connectivity index (χ3v) is 6.58. The molecule has 0 bridgehead atoms. The number of aromatic nitrogens is 1. The first-order valence-electron chi connectivity index (χ1n) is 9.41. The molecule has 29 heavy (non-hydrogen) atoms. The first kappa shape index (κ1) is 19.6. The number of hydrogen-bond donors (Lipinski definition) is 0. The molecule has 0 aliphatic rings. The van der Waals surface area contributed by atoms with Crippen molar-refractivity contribution in [2.45, 2.75) is 27.3 Å². The minimum absolute atomic E-state index is 0.0855. The Labute approximate surface area is 179 Å². The van der Waals surface area contributed by atoms with Crippen molar-refractivity contribution in [3.8, 4) is 0 Å². The lowest BCUT2D eigenvalue weighted by atomic mass is 10.1. The van der Waals surface area contributed by atoms with E-state index in [1.54, 1.807) is 6.20 Å². The van der Waals surface area contributed by atoms with Crippen LogP contribution in [-0.4, -0.2) is 10.9 Å². The number of aryl methyl sites for hydroxylation is 3. The number of anilines is 1. The third-order valence-electron chi connectivity index (χ3n) is 4.92. The summed E-state index contributed by atoms with van der Waals surface area (Å²) in [6.07, 6.45) is 1.78. The molecule has 0 N–H and O–H groups in total. The van der Waals surface area contributed by atoms with Crippen molar-refractivity contribution in [3.05, 3.63) is 93.1 Å². The summed E-state index contributed by atoms with van der Waals surface area (Å²) in [5.74, 6) is -0.0855. The van der Waals surface area contributed by atoms with E-state index in [9.17, 15) is 4.79 Å². The summed E-state index contributed by atoms with van der Waals surface area (Å²) >= 11 is 8.07. The molecule has 3 nitrogen and oxygen atoms in total. The van der Waals surface area contributed by atoms with Crippen LogP contribution >= 0.6 is 22.9 Å². The second-order valence-electron chi connectivity index (χ2n) is 7.23. The number of halogens is 1. The molecule has 146 valence electrons. The number of nitrogens with zero attached hydrogens (tertiary/aromatic N) is 2. The average Bonchev–Trinajstić information content (AvgIpc) is 3.03. The van der Waals surface area contributed by atoms with Gasteiger partial charge >= 0.3 is 0 Å². The van der Waals surface area contributed by atoms with Crippen molar-refractivity contribution in [1.29, 1.82) is 0 Å². The molecule has 4 aromatic rings. The van der Waals surface area contributed by atoms with Gasteiger partial charge in [0, 0.05) is 27.7 Å². The van der Waals surface area contributed by atoms with Gasteiger partial charge in [0.25, 0.3) is 5.91 Å². The van der Waals surface area contributed by atoms with E-state index in [0.29, 0.717) is 16.4 Å². The van der Waals surface area contributed by atoms with Crippen molar-refractivity contribution in [3.63, 3.8) is 0 Å². The lowest BCUT2D eigenvalue weighted by Gasteiger charge is -2.25. The number of fused-ring (bicyclic) bond motifs is 1. The Bertz CT molecular complexity index is 1210. The maximum atomic E-state index is 13.7. The number of thiophene rings is 1. The SMILES string of the molecule is Cc1ccc(N(Cc2ccnc(C)c2)C(=O)c2sc3ccccc3c2Cl)c(C)c1. The Kier molecular flexibility index (Phi) is 5.39. The molecule has 0 atom stereocenters. The van der Waals surface area contributed by atoms with Crippen LogP contribution < -0.4 is 4.90 Å². The summed E-state index contributed by atoms with van der Waals surface area (Å²) in [4.78, 5) is 20.4. The molecule has 0 spiro atoms. The molecule has 0 fully saturated rings. The standard InChI is InChI=1S/C24H21ClN2OS/c1-15-8-9-20(16(2)12-15)27(14-18-10-11-26-17(3)13-18)24(28)23-22(25)19-6-4-5-7-21(19)29-23/h4-13H,14H2,1-3H3. The predicted molar refractivity (Wildman–Crippen MR) is 122 cm³/mol. The van der Waals surface area contributed by atoms with Gasteiger partial charge < -0.3 is 4.90 Å². The average molecular weight is 421 g/mol. The molecule has 2 aromatic carbocycles. The Morgan fingerprint density at radius 3 is 2.59 bits per heavy atom. The van der Waals surface area contributed by atoms with Gasteiger partial charge in [-0.2, -0.15) is 0 Å². The third kappa shape index (κ3) is 3.91. The van der Waals surface area contributed by atoms with E-state index in [0.717, 1.165) is 32.6 Å². The largest absolute Gasteiger partial charge is 0.303 e. The van der Waals surface area contributed by atoms with Crippen LogP contribution in [0, 0.1) is 20.8 Å². The minimum Gasteiger partial charge on any atom is -0.303 e. The fraction of sp³-hybridized carbons (Fsp3) is 0.167. The zero-order chi connectivity index (χ0) is 20.5. The number of carbonyl (C=O) groups is 1. The Morgan fingerprint density at radius 2 is 1.86 bits per heavy atom. The fourth-order valence-electron chi connectivity index (χ4n) is 3.53. The second-order valence-corrected chi connectivity index (χ2v) is 8.66. The van der Waals surface area contributed by atoms with E-state index in [4.69, 9.17) is 11.6 Å². The van der Waals surface area contributed by atoms with Crippen LogP contribution in [0.25, 0.3) is 10.1 Å². The van der Waals surface area contributed by atoms with Gasteiger partial charge in [0.15, 0.2) is 0 Å². The van der Waals surface area contributed by atoms with Crippen molar-refractivity contribution in [2.24, 2.45) is 0 Å². The smallest absolute Gasteiger partial charge is 0.270 e. The van der Waals surface area contributed by atoms with E-state index in [2.05, 4.69) is 18.0 Å². The molecule has 1 amide bonds. The maximum absolute atomic E-state index is 13.7. The van der Waals surface area contributed by atoms with Gasteiger partial charge in [0.2, 0.25) is 0 Å². The van der Waals surface area contributed by atoms with Crippen molar-refractivity contribution in [1.82, 2.24) is 4.98 Å². The Hall–Kier alpha value is -2.69. The highest BCUT2D eigenvalue weighted by Gasteiger charge is 2.25. The van der Waals surface area contributed by atoms with Crippen molar-refractivity contribution in [2.75, 3.05) is 4.90 Å². The Morgan fingerprint density at radius 1 is 1.07 bits per heavy atom. The summed E-state index contributed by atoms with van der Waals surface area (Å²) in [6, 6.07) is 18.0. The van der Waals surface area contributed by atoms with E-state index in [-0.39, 0.29) is 5.91 Å². The summed E-state index contributed by atoms with van der Waals surface area (Å²) in [5, 5.41) is 1.44. The number of carbonyl (C=O) groups excluding carboxylic acids is 1. The molecular weight excluding hydrogens is 400 g/mol. The summed E-state index contributed by atoms with van der Waals surface area (Å²) in [7, 11) is 0. The highest BCUT2D eigenvalue weighted by atomic mass is 35.5. The predicted octanol–water partition coefficient (Wildman–Crippen LogP) is 6.72. The molecule has 2 aromatic heterocycles. The summed E-state index contributed by atoms with van der Waals surface area (Å²) < 4.78 is 1.01. The number of hydrogen-bond acceptors (Lipinski definition) is 3. The molecule has 0 saturated heterocycles. The van der Waals surface area contributed by atoms with Gasteiger partial charge in [-0.05, 0) is 56.2 Å². The van der Waals surface area contributed by atoms with Gasteiger partial charge in [0.05, 0.1) is 11.6 Å². The first-order chi connectivity index (χ1) is 13.9. The van der Waals surface area contributed by atoms with E-state index < -0.39 is 0 Å². The highest BCUT2D eigenvalue weighted by Crippen LogP contribution is 2.37. The minimum atomic E-state index is -0.0855. The zero-order valence-electron chi connectivity index (χ0n) is 16.6. The van der Waals surface area contributed by atoms with Crippen LogP contribution in [0.1, 0.15) is 32.1 Å². The molecule has 2 heterocycles. The van der Waals surface area contributed by atoms with Gasteiger partial charge in [-0.3, -0.25) is 9.78 Å². The van der Waals surface area contributed by atoms with Gasteiger partial charge in [-0.25, -0.2) is 0 Å². The van der Waals surface area contributed by atoms with Crippen molar-refractivity contribution >= 4 is 44.6 Å². The first-order valence-corrected chi connectivity index (χ1v) is 10.6. The van der Waals surface area contributed by atoms with Crippen LogP contribution in [0.3, 0.4) is 0 Å². The molecule has 0 aliphatic heterocycles. The maximum Gasteiger partial charge on any atom is 0.270 e. The van der Waals surface area contributed by atoms with Crippen LogP contribution in [0.15, 0.2) is 60.8 Å². The molecule has 0 aliphatic carbocycles. The van der Waals surface area contributed by atoms with Gasteiger partial charge in [0.1, 0.15) is 4.88 Å². The van der Waals surface area contributed by atoms with E-state index in [1.807, 2.05) is 67.3 Å². The topological polar surface area (TPSA) is 33.2 Å². The Balaban J connectivity index is 1.82. The monoisotopic (exact) mass is 420 g/mol. The molecule has 0 saturated carbocycles. The molecule has 0 radical (unpaired) electrons. The van der Waals surface area contributed by atoms with E-state index in [1.165, 1.54) is 16.9 Å². The number of amides is 1. The van der Waals surface area contributed by atoms with Crippen LogP contribution in [0.2, 0.25) is 5.02 Å². The summed E-state index contributed by atoms with van der Waals surface area (Å²) in [6.45, 7) is 6.50. The van der Waals surface area contributed by atoms with Crippen LogP contribution in [0.5, 0.6) is 0 Å². The zero-order valence-corrected chi connectivity index (χ0v) is 18.1. The lowest BCUT2D eigenvalue weighted by molar-refractivity contribution is 0.0989. The van der Waals surface area contributed by atoms with E-state index >= 15 is 0 Å². The van der Waals surface area contributed by atoms with Gasteiger partial charge in [-0.15, -0.1) is 11.3 Å². The summed E-state index contributed by atoms with van der Waals surface area (Å²) in [5.41, 5.74) is 5.07. The van der Waals surface area contributed by atoms with Crippen LogP contribution in [0.4, 0.5) is 5.69 Å². The molecule has 0 unspecified atom stereocenters. The number of pyridine rings is 1. The number of rotatable bonds is 4. The second kappa shape index (κ2) is 7.97. The molecule has 5 heteroatoms. The highest BCUT2D eigenvalue weighted by molar-refractivity contribution is 7.21. The lowest BCUT2D eigenvalue weighted by Crippen LogP contribution is -2.30. The van der Waals surface area contributed by atoms with Crippen LogP contribution in [-0.2, 0) is 6.54 Å². The molecule has 4 rings (SSSR count).